The highest BCUT2D eigenvalue weighted by Gasteiger charge is 2.25. The van der Waals surface area contributed by atoms with Gasteiger partial charge >= 0.3 is 5.69 Å². The summed E-state index contributed by atoms with van der Waals surface area (Å²) in [5, 5.41) is 0. The van der Waals surface area contributed by atoms with E-state index in [0.29, 0.717) is 24.5 Å². The molecule has 7 heteroatoms. The molecule has 0 bridgehead atoms. The van der Waals surface area contributed by atoms with Crippen LogP contribution in [0.15, 0.2) is 35.1 Å². The number of ether oxygens (including phenoxy) is 2. The van der Waals surface area contributed by atoms with Crippen LogP contribution in [-0.2, 0) is 11.3 Å². The molecule has 2 heterocycles. The van der Waals surface area contributed by atoms with Crippen molar-refractivity contribution < 1.29 is 14.3 Å². The molecule has 0 saturated carbocycles. The Morgan fingerprint density at radius 3 is 2.48 bits per heavy atom. The Morgan fingerprint density at radius 2 is 1.85 bits per heavy atom. The molecular weight excluding hydrogens is 346 g/mol. The second kappa shape index (κ2) is 8.24. The van der Waals surface area contributed by atoms with Crippen LogP contribution in [0.5, 0.6) is 11.5 Å². The van der Waals surface area contributed by atoms with Crippen LogP contribution in [-0.4, -0.2) is 46.7 Å². The second-order valence-corrected chi connectivity index (χ2v) is 6.76. The third-order valence-corrected chi connectivity index (χ3v) is 4.80. The summed E-state index contributed by atoms with van der Waals surface area (Å²) < 4.78 is 12.8. The SMILES string of the molecule is COc1ccccc1OC1CCN(C(=O)Cn2c(C)cc(C)nc2=O)CC1. The normalized spacial score (nSPS) is 14.9. The van der Waals surface area contributed by atoms with Gasteiger partial charge in [-0.2, -0.15) is 4.98 Å². The van der Waals surface area contributed by atoms with Crippen molar-refractivity contribution in [2.75, 3.05) is 20.2 Å². The zero-order valence-corrected chi connectivity index (χ0v) is 16.0. The Balaban J connectivity index is 1.58. The number of aromatic nitrogens is 2. The van der Waals surface area contributed by atoms with Gasteiger partial charge in [0.05, 0.1) is 7.11 Å². The fourth-order valence-corrected chi connectivity index (χ4v) is 3.32. The van der Waals surface area contributed by atoms with Crippen LogP contribution >= 0.6 is 0 Å². The maximum Gasteiger partial charge on any atom is 0.348 e. The molecule has 144 valence electrons. The first-order valence-corrected chi connectivity index (χ1v) is 9.10. The van der Waals surface area contributed by atoms with Gasteiger partial charge in [0.2, 0.25) is 5.91 Å². The van der Waals surface area contributed by atoms with Gasteiger partial charge < -0.3 is 14.4 Å². The van der Waals surface area contributed by atoms with Crippen LogP contribution in [0.1, 0.15) is 24.2 Å². The Labute approximate surface area is 158 Å². The number of piperidine rings is 1. The predicted molar refractivity (Wildman–Crippen MR) is 101 cm³/mol. The average molecular weight is 371 g/mol. The minimum absolute atomic E-state index is 0.0238. The molecule has 1 amide bonds. The highest BCUT2D eigenvalue weighted by Crippen LogP contribution is 2.28. The van der Waals surface area contributed by atoms with Gasteiger partial charge in [-0.3, -0.25) is 9.36 Å². The van der Waals surface area contributed by atoms with Crippen LogP contribution in [0.25, 0.3) is 0 Å². The number of nitrogens with zero attached hydrogens (tertiary/aromatic N) is 3. The van der Waals surface area contributed by atoms with Crippen LogP contribution < -0.4 is 15.2 Å². The Bertz CT molecular complexity index is 870. The molecule has 3 rings (SSSR count). The van der Waals surface area contributed by atoms with E-state index in [1.54, 1.807) is 18.9 Å². The lowest BCUT2D eigenvalue weighted by Gasteiger charge is -2.32. The number of benzene rings is 1. The van der Waals surface area contributed by atoms with Gasteiger partial charge in [-0.1, -0.05) is 12.1 Å². The molecule has 1 aromatic heterocycles. The first-order chi connectivity index (χ1) is 13.0. The molecule has 1 saturated heterocycles. The molecule has 1 aliphatic rings. The van der Waals surface area contributed by atoms with E-state index < -0.39 is 0 Å². The summed E-state index contributed by atoms with van der Waals surface area (Å²) in [4.78, 5) is 30.3. The number of carbonyl (C=O) groups is 1. The van der Waals surface area contributed by atoms with Gasteiger partial charge in [-0.25, -0.2) is 4.79 Å². The van der Waals surface area contributed by atoms with E-state index >= 15 is 0 Å². The molecular formula is C20H25N3O4. The van der Waals surface area contributed by atoms with Crippen molar-refractivity contribution in [3.8, 4) is 11.5 Å². The number of para-hydroxylation sites is 2. The monoisotopic (exact) mass is 371 g/mol. The predicted octanol–water partition coefficient (Wildman–Crippen LogP) is 1.94. The van der Waals surface area contributed by atoms with E-state index in [-0.39, 0.29) is 24.2 Å². The van der Waals surface area contributed by atoms with Crippen molar-refractivity contribution in [1.29, 1.82) is 0 Å². The minimum atomic E-state index is -0.379. The Hall–Kier alpha value is -2.83. The summed E-state index contributed by atoms with van der Waals surface area (Å²) >= 11 is 0. The molecule has 0 atom stereocenters. The van der Waals surface area contributed by atoms with E-state index in [2.05, 4.69) is 4.98 Å². The van der Waals surface area contributed by atoms with Gasteiger partial charge in [-0.05, 0) is 32.0 Å². The first-order valence-electron chi connectivity index (χ1n) is 9.10. The molecule has 0 unspecified atom stereocenters. The van der Waals surface area contributed by atoms with E-state index in [1.165, 1.54) is 4.57 Å². The summed E-state index contributed by atoms with van der Waals surface area (Å²) in [5.41, 5.74) is 1.03. The Kier molecular flexibility index (Phi) is 5.78. The van der Waals surface area contributed by atoms with E-state index in [1.807, 2.05) is 37.3 Å². The first kappa shape index (κ1) is 18.9. The summed E-state index contributed by atoms with van der Waals surface area (Å²) in [5.74, 6) is 1.36. The Morgan fingerprint density at radius 1 is 1.19 bits per heavy atom. The molecule has 1 fully saturated rings. The van der Waals surface area contributed by atoms with Gasteiger partial charge in [0.25, 0.3) is 0 Å². The number of aryl methyl sites for hydroxylation is 2. The van der Waals surface area contributed by atoms with E-state index in [9.17, 15) is 9.59 Å². The van der Waals surface area contributed by atoms with Gasteiger partial charge in [0.15, 0.2) is 11.5 Å². The fraction of sp³-hybridized carbons (Fsp3) is 0.450. The molecule has 0 aliphatic carbocycles. The van der Waals surface area contributed by atoms with Crippen molar-refractivity contribution >= 4 is 5.91 Å². The third-order valence-electron chi connectivity index (χ3n) is 4.80. The molecule has 0 spiro atoms. The van der Waals surface area contributed by atoms with Crippen molar-refractivity contribution in [3.05, 3.63) is 52.2 Å². The highest BCUT2D eigenvalue weighted by molar-refractivity contribution is 5.76. The van der Waals surface area contributed by atoms with Crippen LogP contribution in [0, 0.1) is 13.8 Å². The van der Waals surface area contributed by atoms with E-state index in [4.69, 9.17) is 9.47 Å². The lowest BCUT2D eigenvalue weighted by atomic mass is 10.1. The molecule has 1 aromatic carbocycles. The molecule has 0 radical (unpaired) electrons. The average Bonchev–Trinajstić information content (AvgIpc) is 2.65. The largest absolute Gasteiger partial charge is 0.493 e. The van der Waals surface area contributed by atoms with Crippen molar-refractivity contribution in [1.82, 2.24) is 14.5 Å². The van der Waals surface area contributed by atoms with Gasteiger partial charge in [-0.15, -0.1) is 0 Å². The van der Waals surface area contributed by atoms with Crippen molar-refractivity contribution in [2.45, 2.75) is 39.3 Å². The molecule has 2 aromatic rings. The maximum atomic E-state index is 12.6. The molecule has 7 nitrogen and oxygen atoms in total. The summed E-state index contributed by atoms with van der Waals surface area (Å²) in [6.07, 6.45) is 1.52. The number of amides is 1. The second-order valence-electron chi connectivity index (χ2n) is 6.76. The highest BCUT2D eigenvalue weighted by atomic mass is 16.5. The minimum Gasteiger partial charge on any atom is -0.493 e. The fourth-order valence-electron chi connectivity index (χ4n) is 3.32. The van der Waals surface area contributed by atoms with Crippen molar-refractivity contribution in [3.63, 3.8) is 0 Å². The van der Waals surface area contributed by atoms with Crippen LogP contribution in [0.2, 0.25) is 0 Å². The van der Waals surface area contributed by atoms with Crippen LogP contribution in [0.4, 0.5) is 0 Å². The van der Waals surface area contributed by atoms with E-state index in [0.717, 1.165) is 24.3 Å². The smallest absolute Gasteiger partial charge is 0.348 e. The number of rotatable bonds is 5. The lowest BCUT2D eigenvalue weighted by molar-refractivity contribution is -0.133. The van der Waals surface area contributed by atoms with Crippen molar-refractivity contribution in [2.24, 2.45) is 0 Å². The maximum absolute atomic E-state index is 12.6. The lowest BCUT2D eigenvalue weighted by Crippen LogP contribution is -2.44. The number of methoxy groups -OCH3 is 1. The number of hydrogen-bond acceptors (Lipinski definition) is 5. The quantitative estimate of drug-likeness (QED) is 0.803. The standard InChI is InChI=1S/C20H25N3O4/c1-14-12-15(2)23(20(25)21-14)13-19(24)22-10-8-16(9-11-22)27-18-7-5-4-6-17(18)26-3/h4-7,12,16H,8-11,13H2,1-3H3. The third kappa shape index (κ3) is 4.48. The van der Waals surface area contributed by atoms with Crippen LogP contribution in [0.3, 0.4) is 0 Å². The summed E-state index contributed by atoms with van der Waals surface area (Å²) in [6.45, 7) is 4.82. The topological polar surface area (TPSA) is 73.7 Å². The number of likely N-dealkylation sites (tertiary alicyclic amines) is 1. The summed E-state index contributed by atoms with van der Waals surface area (Å²) in [7, 11) is 1.62. The van der Waals surface area contributed by atoms with Gasteiger partial charge in [0.1, 0.15) is 12.6 Å². The zero-order valence-electron chi connectivity index (χ0n) is 16.0. The van der Waals surface area contributed by atoms with Gasteiger partial charge in [0, 0.05) is 37.3 Å². The number of carbonyl (C=O) groups excluding carboxylic acids is 1. The molecule has 0 N–H and O–H groups in total. The summed E-state index contributed by atoms with van der Waals surface area (Å²) in [6, 6.07) is 9.37. The zero-order chi connectivity index (χ0) is 19.4. The molecule has 1 aliphatic heterocycles. The molecule has 27 heavy (non-hydrogen) atoms. The number of hydrogen-bond donors (Lipinski definition) is 0.